The van der Waals surface area contributed by atoms with Crippen LogP contribution < -0.4 is 5.73 Å². The van der Waals surface area contributed by atoms with Crippen LogP contribution >= 0.6 is 0 Å². The van der Waals surface area contributed by atoms with Gasteiger partial charge in [-0.25, -0.2) is 4.39 Å². The van der Waals surface area contributed by atoms with Crippen LogP contribution in [0.4, 0.5) is 17.6 Å². The Hall–Kier alpha value is -2.85. The van der Waals surface area contributed by atoms with Crippen molar-refractivity contribution in [3.05, 3.63) is 70.2 Å². The summed E-state index contributed by atoms with van der Waals surface area (Å²) in [6.07, 6.45) is -5.58. The largest absolute Gasteiger partial charge is 0.406 e. The van der Waals surface area contributed by atoms with Gasteiger partial charge in [0.1, 0.15) is 11.4 Å². The molecule has 0 bridgehead atoms. The third kappa shape index (κ3) is 5.56. The molecule has 0 aliphatic carbocycles. The number of alkyl halides is 3. The lowest BCUT2D eigenvalue weighted by Gasteiger charge is -2.39. The standard InChI is InChI=1S/C24H25F4N3.C2H6/c1-14-5-6-17(25)9-20(14)22(3,4)13-23(30,24(26,27)28)11-18-10-19-15(2)7-16(12-29)8-21(19)31-18;1-2/h5-10,31H,11,13,30H2,1-4H3;1-2H3. The minimum absolute atomic E-state index is 0.333. The van der Waals surface area contributed by atoms with E-state index in [0.717, 1.165) is 10.9 Å². The number of H-pyrrole nitrogens is 1. The van der Waals surface area contributed by atoms with E-state index in [1.807, 2.05) is 19.9 Å². The summed E-state index contributed by atoms with van der Waals surface area (Å²) in [5, 5.41) is 9.89. The Kier molecular flexibility index (Phi) is 7.65. The van der Waals surface area contributed by atoms with E-state index in [2.05, 4.69) is 4.98 Å². The molecule has 1 atom stereocenters. The first kappa shape index (κ1) is 26.4. The van der Waals surface area contributed by atoms with Crippen LogP contribution in [-0.4, -0.2) is 16.7 Å². The Labute approximate surface area is 192 Å². The number of halogens is 4. The average Bonchev–Trinajstić information content (AvgIpc) is 3.12. The normalized spacial score (nSPS) is 13.8. The number of rotatable bonds is 5. The van der Waals surface area contributed by atoms with E-state index in [0.29, 0.717) is 27.9 Å². The lowest BCUT2D eigenvalue weighted by atomic mass is 9.71. The fraction of sp³-hybridized carbons (Fsp3) is 0.423. The summed E-state index contributed by atoms with van der Waals surface area (Å²) in [5.41, 5.74) is 5.84. The lowest BCUT2D eigenvalue weighted by Crippen LogP contribution is -2.58. The number of nitrogens with two attached hydrogens (primary N) is 1. The topological polar surface area (TPSA) is 65.6 Å². The molecular weight excluding hydrogens is 430 g/mol. The van der Waals surface area contributed by atoms with E-state index in [1.54, 1.807) is 52.0 Å². The van der Waals surface area contributed by atoms with Gasteiger partial charge in [0.2, 0.25) is 0 Å². The van der Waals surface area contributed by atoms with Crippen molar-refractivity contribution in [2.24, 2.45) is 5.73 Å². The Bertz CT molecular complexity index is 1170. The highest BCUT2D eigenvalue weighted by molar-refractivity contribution is 5.85. The maximum atomic E-state index is 14.2. The Balaban J connectivity index is 0.00000187. The number of aromatic nitrogens is 1. The third-order valence-corrected chi connectivity index (χ3v) is 5.89. The van der Waals surface area contributed by atoms with Crippen LogP contribution in [-0.2, 0) is 11.8 Å². The molecule has 0 fully saturated rings. The predicted octanol–water partition coefficient (Wildman–Crippen LogP) is 6.99. The first-order valence-corrected chi connectivity index (χ1v) is 10.9. The molecular formula is C26H31F4N3. The second kappa shape index (κ2) is 9.56. The highest BCUT2D eigenvalue weighted by Gasteiger charge is 2.54. The molecule has 0 saturated carbocycles. The molecule has 0 aliphatic heterocycles. The molecule has 0 saturated heterocycles. The van der Waals surface area contributed by atoms with E-state index < -0.39 is 35.8 Å². The molecule has 0 amide bonds. The number of nitrogens with one attached hydrogen (secondary N) is 1. The van der Waals surface area contributed by atoms with E-state index in [1.165, 1.54) is 12.1 Å². The number of fused-ring (bicyclic) bond motifs is 1. The number of nitriles is 1. The molecule has 3 N–H and O–H groups in total. The number of nitrogens with zero attached hydrogens (tertiary/aromatic N) is 1. The summed E-state index contributed by atoms with van der Waals surface area (Å²) in [6, 6.07) is 11.1. The van der Waals surface area contributed by atoms with E-state index in [-0.39, 0.29) is 0 Å². The molecule has 33 heavy (non-hydrogen) atoms. The molecule has 0 spiro atoms. The zero-order chi connectivity index (χ0) is 25.2. The van der Waals surface area contributed by atoms with Crippen molar-refractivity contribution in [3.8, 4) is 6.07 Å². The highest BCUT2D eigenvalue weighted by atomic mass is 19.4. The maximum Gasteiger partial charge on any atom is 0.406 e. The summed E-state index contributed by atoms with van der Waals surface area (Å²) in [6.45, 7) is 10.8. The van der Waals surface area contributed by atoms with Crippen LogP contribution in [0.25, 0.3) is 10.9 Å². The zero-order valence-corrected chi connectivity index (χ0v) is 19.9. The minimum Gasteiger partial charge on any atom is -0.358 e. The number of hydrogen-bond acceptors (Lipinski definition) is 2. The second-order valence-electron chi connectivity index (χ2n) is 9.01. The van der Waals surface area contributed by atoms with Gasteiger partial charge in [0, 0.05) is 23.0 Å². The van der Waals surface area contributed by atoms with Gasteiger partial charge in [-0.1, -0.05) is 33.8 Å². The first-order chi connectivity index (χ1) is 15.3. The van der Waals surface area contributed by atoms with Crippen molar-refractivity contribution in [3.63, 3.8) is 0 Å². The highest BCUT2D eigenvalue weighted by Crippen LogP contribution is 2.42. The van der Waals surface area contributed by atoms with Crippen molar-refractivity contribution in [2.45, 2.75) is 71.5 Å². The van der Waals surface area contributed by atoms with Crippen molar-refractivity contribution in [2.75, 3.05) is 0 Å². The monoisotopic (exact) mass is 461 g/mol. The van der Waals surface area contributed by atoms with Gasteiger partial charge in [0.15, 0.2) is 0 Å². The molecule has 3 aromatic rings. The Morgan fingerprint density at radius 3 is 2.21 bits per heavy atom. The van der Waals surface area contributed by atoms with Gasteiger partial charge in [-0.05, 0) is 72.7 Å². The minimum atomic E-state index is -4.68. The lowest BCUT2D eigenvalue weighted by molar-refractivity contribution is -0.191. The van der Waals surface area contributed by atoms with Crippen LogP contribution in [0.3, 0.4) is 0 Å². The van der Waals surface area contributed by atoms with Gasteiger partial charge in [0.25, 0.3) is 0 Å². The number of aryl methyl sites for hydroxylation is 2. The van der Waals surface area contributed by atoms with Gasteiger partial charge in [0.05, 0.1) is 11.6 Å². The summed E-state index contributed by atoms with van der Waals surface area (Å²) >= 11 is 0. The van der Waals surface area contributed by atoms with Crippen LogP contribution in [0.2, 0.25) is 0 Å². The van der Waals surface area contributed by atoms with Gasteiger partial charge < -0.3 is 10.7 Å². The molecule has 2 aromatic carbocycles. The van der Waals surface area contributed by atoms with Crippen molar-refractivity contribution >= 4 is 10.9 Å². The Morgan fingerprint density at radius 2 is 1.64 bits per heavy atom. The quantitative estimate of drug-likeness (QED) is 0.402. The van der Waals surface area contributed by atoms with Crippen LogP contribution in [0.1, 0.15) is 62.1 Å². The fourth-order valence-corrected chi connectivity index (χ4v) is 4.45. The summed E-state index contributed by atoms with van der Waals surface area (Å²) in [5.74, 6) is -0.498. The van der Waals surface area contributed by atoms with E-state index in [9.17, 15) is 17.6 Å². The van der Waals surface area contributed by atoms with E-state index in [4.69, 9.17) is 11.0 Å². The molecule has 0 radical (unpaired) electrons. The third-order valence-electron chi connectivity index (χ3n) is 5.89. The molecule has 7 heteroatoms. The molecule has 3 nitrogen and oxygen atoms in total. The first-order valence-electron chi connectivity index (χ1n) is 10.9. The number of hydrogen-bond donors (Lipinski definition) is 2. The summed E-state index contributed by atoms with van der Waals surface area (Å²) < 4.78 is 56.5. The fourth-order valence-electron chi connectivity index (χ4n) is 4.45. The molecule has 3 rings (SSSR count). The molecule has 1 heterocycles. The van der Waals surface area contributed by atoms with Gasteiger partial charge >= 0.3 is 6.18 Å². The van der Waals surface area contributed by atoms with E-state index >= 15 is 0 Å². The van der Waals surface area contributed by atoms with Crippen LogP contribution in [0.15, 0.2) is 36.4 Å². The van der Waals surface area contributed by atoms with Crippen LogP contribution in [0, 0.1) is 31.0 Å². The van der Waals surface area contributed by atoms with Gasteiger partial charge in [-0.3, -0.25) is 0 Å². The number of aromatic amines is 1. The average molecular weight is 462 g/mol. The second-order valence-corrected chi connectivity index (χ2v) is 9.01. The summed E-state index contributed by atoms with van der Waals surface area (Å²) in [4.78, 5) is 2.99. The summed E-state index contributed by atoms with van der Waals surface area (Å²) in [7, 11) is 0. The maximum absolute atomic E-state index is 14.2. The van der Waals surface area contributed by atoms with Crippen molar-refractivity contribution in [1.29, 1.82) is 5.26 Å². The molecule has 1 unspecified atom stereocenters. The zero-order valence-electron chi connectivity index (χ0n) is 19.9. The van der Waals surface area contributed by atoms with Crippen LogP contribution in [0.5, 0.6) is 0 Å². The van der Waals surface area contributed by atoms with Crippen molar-refractivity contribution < 1.29 is 17.6 Å². The number of benzene rings is 2. The van der Waals surface area contributed by atoms with Crippen molar-refractivity contribution in [1.82, 2.24) is 4.98 Å². The predicted molar refractivity (Wildman–Crippen MR) is 125 cm³/mol. The smallest absolute Gasteiger partial charge is 0.358 e. The van der Waals surface area contributed by atoms with Gasteiger partial charge in [-0.15, -0.1) is 0 Å². The molecule has 0 aliphatic rings. The SMILES string of the molecule is CC.Cc1ccc(F)cc1C(C)(C)CC(N)(Cc1cc2c(C)cc(C#N)cc2[nH]1)C(F)(F)F. The van der Waals surface area contributed by atoms with Gasteiger partial charge in [-0.2, -0.15) is 18.4 Å². The molecule has 178 valence electrons. The Morgan fingerprint density at radius 1 is 1.00 bits per heavy atom. The molecule has 1 aromatic heterocycles.